The van der Waals surface area contributed by atoms with Crippen LogP contribution in [0, 0.1) is 18.3 Å². The summed E-state index contributed by atoms with van der Waals surface area (Å²) in [6, 6.07) is 4.90. The molecule has 5 nitrogen and oxygen atoms in total. The van der Waals surface area contributed by atoms with E-state index in [1.165, 1.54) is 0 Å². The van der Waals surface area contributed by atoms with E-state index in [4.69, 9.17) is 5.73 Å². The Morgan fingerprint density at radius 3 is 2.30 bits per heavy atom. The third-order valence-electron chi connectivity index (χ3n) is 3.50. The number of carbonyl (C=O) groups is 2. The topological polar surface area (TPSA) is 84.2 Å². The largest absolute Gasteiger partial charge is 0.325 e. The summed E-state index contributed by atoms with van der Waals surface area (Å²) < 4.78 is 0. The maximum Gasteiger partial charge on any atom is 0.241 e. The lowest BCUT2D eigenvalue weighted by Crippen LogP contribution is -2.36. The highest BCUT2D eigenvalue weighted by atomic mass is 16.2. The fourth-order valence-corrected chi connectivity index (χ4v) is 1.99. The van der Waals surface area contributed by atoms with E-state index in [2.05, 4.69) is 10.6 Å². The van der Waals surface area contributed by atoms with Gasteiger partial charge in [0.1, 0.15) is 0 Å². The van der Waals surface area contributed by atoms with Crippen molar-refractivity contribution in [3.05, 3.63) is 23.8 Å². The average molecular weight is 319 g/mol. The van der Waals surface area contributed by atoms with Gasteiger partial charge in [0.2, 0.25) is 11.8 Å². The van der Waals surface area contributed by atoms with Gasteiger partial charge in [-0.15, -0.1) is 0 Å². The summed E-state index contributed by atoms with van der Waals surface area (Å²) >= 11 is 0. The molecule has 0 saturated heterocycles. The number of hydrogen-bond donors (Lipinski definition) is 3. The minimum absolute atomic E-state index is 0.0689. The maximum atomic E-state index is 12.1. The first-order valence-corrected chi connectivity index (χ1v) is 7.99. The van der Waals surface area contributed by atoms with E-state index in [1.54, 1.807) is 6.07 Å². The Labute approximate surface area is 139 Å². The predicted molar refractivity (Wildman–Crippen MR) is 95.3 cm³/mol. The Hall–Kier alpha value is -1.88. The lowest BCUT2D eigenvalue weighted by molar-refractivity contribution is -0.123. The summed E-state index contributed by atoms with van der Waals surface area (Å²) in [5.74, 6) is 0.0756. The maximum absolute atomic E-state index is 12.1. The highest BCUT2D eigenvalue weighted by Crippen LogP contribution is 2.23. The molecule has 1 aromatic carbocycles. The Morgan fingerprint density at radius 1 is 1.17 bits per heavy atom. The molecule has 23 heavy (non-hydrogen) atoms. The molecule has 0 spiro atoms. The van der Waals surface area contributed by atoms with Gasteiger partial charge in [0, 0.05) is 16.8 Å². The number of rotatable bonds is 5. The van der Waals surface area contributed by atoms with Crippen molar-refractivity contribution < 1.29 is 9.59 Å². The zero-order valence-electron chi connectivity index (χ0n) is 15.0. The molecule has 0 aliphatic carbocycles. The van der Waals surface area contributed by atoms with Crippen LogP contribution in [0.1, 0.15) is 46.6 Å². The van der Waals surface area contributed by atoms with Gasteiger partial charge in [-0.25, -0.2) is 0 Å². The minimum Gasteiger partial charge on any atom is -0.325 e. The van der Waals surface area contributed by atoms with Gasteiger partial charge in [-0.05, 0) is 37.0 Å². The molecular formula is C18H29N3O2. The monoisotopic (exact) mass is 319 g/mol. The molecule has 0 heterocycles. The molecule has 1 atom stereocenters. The van der Waals surface area contributed by atoms with E-state index in [1.807, 2.05) is 53.7 Å². The highest BCUT2D eigenvalue weighted by molar-refractivity contribution is 5.98. The van der Waals surface area contributed by atoms with Crippen molar-refractivity contribution in [2.24, 2.45) is 17.1 Å². The van der Waals surface area contributed by atoms with Gasteiger partial charge < -0.3 is 16.4 Å². The van der Waals surface area contributed by atoms with E-state index in [9.17, 15) is 9.59 Å². The Kier molecular flexibility index (Phi) is 6.33. The molecule has 2 amide bonds. The summed E-state index contributed by atoms with van der Waals surface area (Å²) in [4.78, 5) is 24.2. The number of anilines is 2. The van der Waals surface area contributed by atoms with E-state index < -0.39 is 11.5 Å². The number of aryl methyl sites for hydroxylation is 1. The number of carbonyl (C=O) groups excluding carboxylic acids is 2. The number of hydrogen-bond acceptors (Lipinski definition) is 3. The highest BCUT2D eigenvalue weighted by Gasteiger charge is 2.22. The van der Waals surface area contributed by atoms with Crippen LogP contribution in [0.15, 0.2) is 18.2 Å². The van der Waals surface area contributed by atoms with Crippen LogP contribution in [0.5, 0.6) is 0 Å². The SMILES string of the molecule is Cc1ccc(NC(=O)[C@@H](N)CC(C)C)cc1NC(=O)C(C)(C)C. The summed E-state index contributed by atoms with van der Waals surface area (Å²) in [5, 5.41) is 5.72. The number of amides is 2. The van der Waals surface area contributed by atoms with Gasteiger partial charge in [-0.3, -0.25) is 9.59 Å². The number of nitrogens with two attached hydrogens (primary N) is 1. The molecule has 0 saturated carbocycles. The van der Waals surface area contributed by atoms with Gasteiger partial charge in [0.05, 0.1) is 6.04 Å². The second-order valence-electron chi connectivity index (χ2n) is 7.46. The van der Waals surface area contributed by atoms with E-state index in [-0.39, 0.29) is 11.8 Å². The van der Waals surface area contributed by atoms with Crippen molar-refractivity contribution in [3.63, 3.8) is 0 Å². The van der Waals surface area contributed by atoms with Crippen LogP contribution in [0.2, 0.25) is 0 Å². The fourth-order valence-electron chi connectivity index (χ4n) is 1.99. The van der Waals surface area contributed by atoms with Crippen molar-refractivity contribution in [2.75, 3.05) is 10.6 Å². The first-order chi connectivity index (χ1) is 10.5. The normalized spacial score (nSPS) is 12.9. The van der Waals surface area contributed by atoms with Crippen LogP contribution in [-0.4, -0.2) is 17.9 Å². The summed E-state index contributed by atoms with van der Waals surface area (Å²) in [6.07, 6.45) is 0.630. The molecule has 0 aliphatic rings. The molecule has 0 radical (unpaired) electrons. The second-order valence-corrected chi connectivity index (χ2v) is 7.46. The minimum atomic E-state index is -0.538. The molecule has 0 unspecified atom stereocenters. The van der Waals surface area contributed by atoms with Crippen molar-refractivity contribution in [1.29, 1.82) is 0 Å². The summed E-state index contributed by atoms with van der Waals surface area (Å²) in [7, 11) is 0. The molecule has 1 rings (SSSR count). The molecular weight excluding hydrogens is 290 g/mol. The van der Waals surface area contributed by atoms with Crippen LogP contribution < -0.4 is 16.4 Å². The zero-order chi connectivity index (χ0) is 17.8. The average Bonchev–Trinajstić information content (AvgIpc) is 2.40. The first kappa shape index (κ1) is 19.2. The Morgan fingerprint density at radius 2 is 1.78 bits per heavy atom. The molecule has 0 aliphatic heterocycles. The van der Waals surface area contributed by atoms with E-state index in [0.29, 0.717) is 23.7 Å². The standard InChI is InChI=1S/C18H29N3O2/c1-11(2)9-14(19)16(22)20-13-8-7-12(3)15(10-13)21-17(23)18(4,5)6/h7-8,10-11,14H,9,19H2,1-6H3,(H,20,22)(H,21,23)/t14-/m0/s1. The lowest BCUT2D eigenvalue weighted by atomic mass is 9.95. The molecule has 1 aromatic rings. The van der Waals surface area contributed by atoms with Crippen molar-refractivity contribution >= 4 is 23.2 Å². The lowest BCUT2D eigenvalue weighted by Gasteiger charge is -2.20. The molecule has 0 fully saturated rings. The molecule has 128 valence electrons. The summed E-state index contributed by atoms with van der Waals surface area (Å²) in [6.45, 7) is 11.5. The predicted octanol–water partition coefficient (Wildman–Crippen LogP) is 3.29. The van der Waals surface area contributed by atoms with Gasteiger partial charge in [-0.2, -0.15) is 0 Å². The van der Waals surface area contributed by atoms with Crippen molar-refractivity contribution in [1.82, 2.24) is 0 Å². The zero-order valence-corrected chi connectivity index (χ0v) is 15.0. The van der Waals surface area contributed by atoms with E-state index >= 15 is 0 Å². The van der Waals surface area contributed by atoms with Crippen LogP contribution in [0.4, 0.5) is 11.4 Å². The van der Waals surface area contributed by atoms with Crippen molar-refractivity contribution in [2.45, 2.75) is 54.0 Å². The number of nitrogens with one attached hydrogen (secondary N) is 2. The van der Waals surface area contributed by atoms with Gasteiger partial charge in [-0.1, -0.05) is 40.7 Å². The smallest absolute Gasteiger partial charge is 0.241 e. The van der Waals surface area contributed by atoms with E-state index in [0.717, 1.165) is 5.56 Å². The molecule has 4 N–H and O–H groups in total. The van der Waals surface area contributed by atoms with Gasteiger partial charge in [0.25, 0.3) is 0 Å². The Balaban J connectivity index is 2.85. The molecule has 0 bridgehead atoms. The first-order valence-electron chi connectivity index (χ1n) is 7.99. The third-order valence-corrected chi connectivity index (χ3v) is 3.50. The van der Waals surface area contributed by atoms with Crippen LogP contribution in [0.3, 0.4) is 0 Å². The molecule has 0 aromatic heterocycles. The molecule has 5 heteroatoms. The Bertz CT molecular complexity index is 574. The van der Waals surface area contributed by atoms with Crippen LogP contribution in [-0.2, 0) is 9.59 Å². The number of benzene rings is 1. The van der Waals surface area contributed by atoms with Crippen molar-refractivity contribution in [3.8, 4) is 0 Å². The quantitative estimate of drug-likeness (QED) is 0.778. The third kappa shape index (κ3) is 6.02. The fraction of sp³-hybridized carbons (Fsp3) is 0.556. The second kappa shape index (κ2) is 7.59. The van der Waals surface area contributed by atoms with Gasteiger partial charge in [0.15, 0.2) is 0 Å². The van der Waals surface area contributed by atoms with Crippen LogP contribution in [0.25, 0.3) is 0 Å². The van der Waals surface area contributed by atoms with Gasteiger partial charge >= 0.3 is 0 Å². The van der Waals surface area contributed by atoms with Crippen LogP contribution >= 0.6 is 0 Å². The summed E-state index contributed by atoms with van der Waals surface area (Å²) in [5.41, 5.74) is 7.67.